The van der Waals surface area contributed by atoms with Crippen molar-refractivity contribution in [2.75, 3.05) is 5.73 Å². The molecule has 0 aromatic heterocycles. The largest absolute Gasteiger partial charge is 0.399 e. The van der Waals surface area contributed by atoms with Crippen LogP contribution >= 0.6 is 0 Å². The predicted molar refractivity (Wildman–Crippen MR) is 74.0 cm³/mol. The van der Waals surface area contributed by atoms with Crippen molar-refractivity contribution < 1.29 is 8.42 Å². The minimum atomic E-state index is -3.23. The summed E-state index contributed by atoms with van der Waals surface area (Å²) < 4.78 is 25.2. The highest BCUT2D eigenvalue weighted by Crippen LogP contribution is 2.35. The molecule has 0 saturated heterocycles. The number of hydrogen-bond acceptors (Lipinski definition) is 3. The Labute approximate surface area is 109 Å². The van der Waals surface area contributed by atoms with E-state index in [0.29, 0.717) is 22.4 Å². The molecule has 0 heterocycles. The molecule has 100 valence electrons. The van der Waals surface area contributed by atoms with Crippen molar-refractivity contribution in [2.24, 2.45) is 11.8 Å². The summed E-state index contributed by atoms with van der Waals surface area (Å²) in [5.41, 5.74) is 6.18. The summed E-state index contributed by atoms with van der Waals surface area (Å²) in [6, 6.07) is 6.64. The third-order valence-electron chi connectivity index (χ3n) is 3.76. The Balaban J connectivity index is 2.31. The molecule has 18 heavy (non-hydrogen) atoms. The fourth-order valence-electron chi connectivity index (χ4n) is 3.01. The number of rotatable bonds is 2. The molecule has 2 atom stereocenters. The van der Waals surface area contributed by atoms with Gasteiger partial charge in [0.15, 0.2) is 9.84 Å². The van der Waals surface area contributed by atoms with Crippen LogP contribution < -0.4 is 5.73 Å². The molecule has 4 heteroatoms. The van der Waals surface area contributed by atoms with Gasteiger partial charge in [-0.05, 0) is 49.3 Å². The quantitative estimate of drug-likeness (QED) is 0.838. The van der Waals surface area contributed by atoms with Crippen molar-refractivity contribution in [1.29, 1.82) is 0 Å². The van der Waals surface area contributed by atoms with Gasteiger partial charge >= 0.3 is 0 Å². The van der Waals surface area contributed by atoms with E-state index in [9.17, 15) is 8.42 Å². The van der Waals surface area contributed by atoms with Crippen LogP contribution in [0.1, 0.15) is 33.1 Å². The van der Waals surface area contributed by atoms with Crippen LogP contribution in [0.15, 0.2) is 29.2 Å². The summed E-state index contributed by atoms with van der Waals surface area (Å²) in [7, 11) is -3.23. The van der Waals surface area contributed by atoms with Crippen LogP contribution in [0, 0.1) is 11.8 Å². The molecule has 0 radical (unpaired) electrons. The van der Waals surface area contributed by atoms with Gasteiger partial charge in [0.05, 0.1) is 10.1 Å². The molecule has 1 aliphatic carbocycles. The second-order valence-corrected chi connectivity index (χ2v) is 7.89. The molecule has 1 aromatic carbocycles. The lowest BCUT2D eigenvalue weighted by Gasteiger charge is -2.31. The van der Waals surface area contributed by atoms with Gasteiger partial charge < -0.3 is 5.73 Å². The van der Waals surface area contributed by atoms with Crippen molar-refractivity contribution in [1.82, 2.24) is 0 Å². The van der Waals surface area contributed by atoms with Gasteiger partial charge in [0.2, 0.25) is 0 Å². The van der Waals surface area contributed by atoms with Gasteiger partial charge in [-0.1, -0.05) is 19.9 Å². The molecule has 0 amide bonds. The molecule has 1 saturated carbocycles. The van der Waals surface area contributed by atoms with Crippen molar-refractivity contribution in [2.45, 2.75) is 43.3 Å². The van der Waals surface area contributed by atoms with E-state index < -0.39 is 9.84 Å². The first-order chi connectivity index (χ1) is 8.39. The highest BCUT2D eigenvalue weighted by Gasteiger charge is 2.34. The summed E-state index contributed by atoms with van der Waals surface area (Å²) in [4.78, 5) is 0.369. The first-order valence-corrected chi connectivity index (χ1v) is 8.03. The number of anilines is 1. The lowest BCUT2D eigenvalue weighted by molar-refractivity contribution is 0.301. The van der Waals surface area contributed by atoms with Crippen molar-refractivity contribution in [3.05, 3.63) is 24.3 Å². The van der Waals surface area contributed by atoms with Crippen LogP contribution in [0.4, 0.5) is 5.69 Å². The molecule has 0 aliphatic heterocycles. The first-order valence-electron chi connectivity index (χ1n) is 6.49. The SMILES string of the molecule is CC1CC(C)CC(S(=O)(=O)c2cccc(N)c2)C1. The molecule has 0 spiro atoms. The average molecular weight is 267 g/mol. The smallest absolute Gasteiger partial charge is 0.181 e. The Morgan fingerprint density at radius 2 is 1.72 bits per heavy atom. The predicted octanol–water partition coefficient (Wildman–Crippen LogP) is 2.87. The molecule has 2 N–H and O–H groups in total. The standard InChI is InChI=1S/C14H21NO2S/c1-10-6-11(2)8-14(7-10)18(16,17)13-5-3-4-12(15)9-13/h3-5,9-11,14H,6-8,15H2,1-2H3. The summed E-state index contributed by atoms with van der Waals surface area (Å²) in [6.07, 6.45) is 2.66. The molecule has 3 nitrogen and oxygen atoms in total. The zero-order valence-corrected chi connectivity index (χ0v) is 11.8. The van der Waals surface area contributed by atoms with Gasteiger partial charge in [-0.2, -0.15) is 0 Å². The zero-order chi connectivity index (χ0) is 13.3. The number of nitrogens with two attached hydrogens (primary N) is 1. The maximum atomic E-state index is 12.6. The number of nitrogen functional groups attached to an aromatic ring is 1. The second kappa shape index (κ2) is 4.92. The van der Waals surface area contributed by atoms with Crippen LogP contribution in [0.5, 0.6) is 0 Å². The number of benzene rings is 1. The van der Waals surface area contributed by atoms with E-state index in [2.05, 4.69) is 13.8 Å². The maximum Gasteiger partial charge on any atom is 0.181 e. The number of sulfone groups is 1. The average Bonchev–Trinajstić information content (AvgIpc) is 2.27. The Morgan fingerprint density at radius 3 is 2.28 bits per heavy atom. The van der Waals surface area contributed by atoms with Gasteiger partial charge in [0, 0.05) is 5.69 Å². The minimum Gasteiger partial charge on any atom is -0.399 e. The highest BCUT2D eigenvalue weighted by atomic mass is 32.2. The second-order valence-electron chi connectivity index (χ2n) is 5.66. The third kappa shape index (κ3) is 2.69. The topological polar surface area (TPSA) is 60.2 Å². The van der Waals surface area contributed by atoms with E-state index in [-0.39, 0.29) is 5.25 Å². The van der Waals surface area contributed by atoms with Crippen molar-refractivity contribution in [3.8, 4) is 0 Å². The molecule has 2 rings (SSSR count). The monoisotopic (exact) mass is 267 g/mol. The normalized spacial score (nSPS) is 29.1. The molecule has 1 aromatic rings. The summed E-state index contributed by atoms with van der Waals surface area (Å²) >= 11 is 0. The Hall–Kier alpha value is -1.03. The molecule has 1 aliphatic rings. The maximum absolute atomic E-state index is 12.6. The lowest BCUT2D eigenvalue weighted by Crippen LogP contribution is -2.31. The van der Waals surface area contributed by atoms with Gasteiger partial charge in [-0.15, -0.1) is 0 Å². The van der Waals surface area contributed by atoms with E-state index >= 15 is 0 Å². The Morgan fingerprint density at radius 1 is 1.11 bits per heavy atom. The minimum absolute atomic E-state index is 0.252. The highest BCUT2D eigenvalue weighted by molar-refractivity contribution is 7.92. The van der Waals surface area contributed by atoms with Gasteiger partial charge in [0.25, 0.3) is 0 Å². The molecular weight excluding hydrogens is 246 g/mol. The van der Waals surface area contributed by atoms with E-state index in [1.54, 1.807) is 24.3 Å². The summed E-state index contributed by atoms with van der Waals surface area (Å²) in [5.74, 6) is 0.962. The van der Waals surface area contributed by atoms with Crippen LogP contribution in [0.2, 0.25) is 0 Å². The van der Waals surface area contributed by atoms with Gasteiger partial charge in [0.1, 0.15) is 0 Å². The van der Waals surface area contributed by atoms with E-state index in [0.717, 1.165) is 19.3 Å². The zero-order valence-electron chi connectivity index (χ0n) is 11.0. The summed E-state index contributed by atoms with van der Waals surface area (Å²) in [6.45, 7) is 4.27. The van der Waals surface area contributed by atoms with Crippen LogP contribution in [-0.2, 0) is 9.84 Å². The lowest BCUT2D eigenvalue weighted by atomic mass is 9.83. The fraction of sp³-hybridized carbons (Fsp3) is 0.571. The van der Waals surface area contributed by atoms with Gasteiger partial charge in [-0.3, -0.25) is 0 Å². The fourth-order valence-corrected chi connectivity index (χ4v) is 5.13. The van der Waals surface area contributed by atoms with Crippen LogP contribution in [-0.4, -0.2) is 13.7 Å². The Bertz CT molecular complexity index is 514. The van der Waals surface area contributed by atoms with Gasteiger partial charge in [-0.25, -0.2) is 8.42 Å². The number of hydrogen-bond donors (Lipinski definition) is 1. The molecular formula is C14H21NO2S. The molecule has 0 bridgehead atoms. The first kappa shape index (κ1) is 13.4. The van der Waals surface area contributed by atoms with Crippen molar-refractivity contribution >= 4 is 15.5 Å². The van der Waals surface area contributed by atoms with Crippen LogP contribution in [0.3, 0.4) is 0 Å². The van der Waals surface area contributed by atoms with Crippen LogP contribution in [0.25, 0.3) is 0 Å². The van der Waals surface area contributed by atoms with E-state index in [4.69, 9.17) is 5.73 Å². The van der Waals surface area contributed by atoms with E-state index in [1.807, 2.05) is 0 Å². The third-order valence-corrected chi connectivity index (χ3v) is 5.93. The molecule has 2 unspecified atom stereocenters. The summed E-state index contributed by atoms with van der Waals surface area (Å²) in [5, 5.41) is -0.252. The van der Waals surface area contributed by atoms with Crippen molar-refractivity contribution in [3.63, 3.8) is 0 Å². The Kier molecular flexibility index (Phi) is 3.66. The molecule has 1 fully saturated rings. The van der Waals surface area contributed by atoms with E-state index in [1.165, 1.54) is 0 Å².